The lowest BCUT2D eigenvalue weighted by molar-refractivity contribution is 0.230. The monoisotopic (exact) mass is 495 g/mol. The van der Waals surface area contributed by atoms with E-state index < -0.39 is 5.63 Å². The van der Waals surface area contributed by atoms with Gasteiger partial charge in [-0.1, -0.05) is 11.6 Å². The summed E-state index contributed by atoms with van der Waals surface area (Å²) in [6.45, 7) is 7.74. The quantitative estimate of drug-likeness (QED) is 0.247. The molecule has 0 aliphatic carbocycles. The minimum absolute atomic E-state index is 0.0138. The lowest BCUT2D eigenvalue weighted by atomic mass is 10.1. The SMILES string of the molecule is COc1cc2c(ccn3c2c(Cl)c2c4cc(OC)c(OC(C)C)cc4oc(=O)c23)cc1OC(C)C. The Morgan fingerprint density at radius 3 is 2.03 bits per heavy atom. The molecule has 0 unspecified atom stereocenters. The van der Waals surface area contributed by atoms with E-state index in [2.05, 4.69) is 0 Å². The van der Waals surface area contributed by atoms with Crippen LogP contribution in [0.4, 0.5) is 0 Å². The molecule has 5 rings (SSSR count). The maximum Gasteiger partial charge on any atom is 0.361 e. The highest BCUT2D eigenvalue weighted by atomic mass is 35.5. The zero-order valence-electron chi connectivity index (χ0n) is 20.4. The standard InChI is InChI=1S/C27H26ClNO6/c1-13(2)33-21-9-15-7-8-29-25(16(15)10-19(21)31-5)24(28)23-17-11-20(32-6)22(34-14(3)4)12-18(17)35-27(30)26(23)29/h7-14H,1-6H3. The van der Waals surface area contributed by atoms with Crippen molar-refractivity contribution >= 4 is 49.8 Å². The van der Waals surface area contributed by atoms with E-state index in [-0.39, 0.29) is 12.2 Å². The average molecular weight is 496 g/mol. The third kappa shape index (κ3) is 3.71. The summed E-state index contributed by atoms with van der Waals surface area (Å²) in [5.74, 6) is 2.23. The van der Waals surface area contributed by atoms with Gasteiger partial charge in [-0.3, -0.25) is 0 Å². The van der Waals surface area contributed by atoms with E-state index in [9.17, 15) is 4.79 Å². The summed E-state index contributed by atoms with van der Waals surface area (Å²) in [4.78, 5) is 13.2. The Hall–Kier alpha value is -3.58. The number of methoxy groups -OCH3 is 2. The molecule has 7 nitrogen and oxygen atoms in total. The van der Waals surface area contributed by atoms with E-state index in [1.807, 2.05) is 52.1 Å². The molecule has 0 spiro atoms. The highest BCUT2D eigenvalue weighted by molar-refractivity contribution is 6.43. The van der Waals surface area contributed by atoms with Gasteiger partial charge in [-0.25, -0.2) is 4.79 Å². The van der Waals surface area contributed by atoms with Crippen molar-refractivity contribution in [2.75, 3.05) is 14.2 Å². The molecule has 0 saturated carbocycles. The van der Waals surface area contributed by atoms with Crippen molar-refractivity contribution in [3.8, 4) is 23.0 Å². The first-order valence-electron chi connectivity index (χ1n) is 11.4. The van der Waals surface area contributed by atoms with Gasteiger partial charge >= 0.3 is 5.63 Å². The van der Waals surface area contributed by atoms with Crippen LogP contribution in [0.5, 0.6) is 23.0 Å². The third-order valence-electron chi connectivity index (χ3n) is 5.80. The van der Waals surface area contributed by atoms with E-state index in [1.54, 1.807) is 30.8 Å². The van der Waals surface area contributed by atoms with Gasteiger partial charge in [-0.15, -0.1) is 0 Å². The molecule has 0 bridgehead atoms. The molecule has 182 valence electrons. The summed E-state index contributed by atoms with van der Waals surface area (Å²) in [7, 11) is 3.16. The molecular weight excluding hydrogens is 470 g/mol. The van der Waals surface area contributed by atoms with Gasteiger partial charge < -0.3 is 27.8 Å². The molecule has 0 fully saturated rings. The molecule has 3 heterocycles. The molecule has 2 aromatic carbocycles. The van der Waals surface area contributed by atoms with Gasteiger partial charge in [0.25, 0.3) is 0 Å². The lowest BCUT2D eigenvalue weighted by Crippen LogP contribution is -2.07. The molecule has 0 amide bonds. The van der Waals surface area contributed by atoms with Crippen LogP contribution in [0.25, 0.3) is 38.2 Å². The molecule has 0 aliphatic heterocycles. The van der Waals surface area contributed by atoms with Gasteiger partial charge in [-0.2, -0.15) is 0 Å². The van der Waals surface area contributed by atoms with Gasteiger partial charge in [0.05, 0.1) is 37.0 Å². The molecular formula is C27H26ClNO6. The van der Waals surface area contributed by atoms with Crippen molar-refractivity contribution < 1.29 is 23.4 Å². The molecule has 8 heteroatoms. The fourth-order valence-electron chi connectivity index (χ4n) is 4.46. The second-order valence-electron chi connectivity index (χ2n) is 8.88. The summed E-state index contributed by atoms with van der Waals surface area (Å²) in [6.07, 6.45) is 1.72. The topological polar surface area (TPSA) is 71.5 Å². The summed E-state index contributed by atoms with van der Waals surface area (Å²) >= 11 is 7.01. The molecule has 0 N–H and O–H groups in total. The number of fused-ring (bicyclic) bond motifs is 7. The van der Waals surface area contributed by atoms with E-state index >= 15 is 0 Å². The number of benzene rings is 2. The first-order chi connectivity index (χ1) is 16.7. The minimum Gasteiger partial charge on any atom is -0.493 e. The smallest absolute Gasteiger partial charge is 0.361 e. The molecule has 3 aromatic heterocycles. The van der Waals surface area contributed by atoms with Crippen LogP contribution in [-0.2, 0) is 0 Å². The Morgan fingerprint density at radius 2 is 1.43 bits per heavy atom. The number of hydrogen-bond acceptors (Lipinski definition) is 6. The second-order valence-corrected chi connectivity index (χ2v) is 9.26. The molecule has 35 heavy (non-hydrogen) atoms. The molecule has 0 saturated heterocycles. The number of nitrogens with zero attached hydrogens (tertiary/aromatic N) is 1. The predicted octanol–water partition coefficient (Wildman–Crippen LogP) is 6.60. The second kappa shape index (κ2) is 8.57. The normalized spacial score (nSPS) is 11.9. The van der Waals surface area contributed by atoms with Crippen LogP contribution in [0.15, 0.2) is 45.7 Å². The maximum atomic E-state index is 13.2. The highest BCUT2D eigenvalue weighted by Gasteiger charge is 2.23. The first kappa shape index (κ1) is 23.2. The molecule has 0 radical (unpaired) electrons. The van der Waals surface area contributed by atoms with Crippen LogP contribution in [0.2, 0.25) is 5.02 Å². The van der Waals surface area contributed by atoms with E-state index in [0.717, 1.165) is 10.8 Å². The molecule has 5 aromatic rings. The van der Waals surface area contributed by atoms with Gasteiger partial charge in [0, 0.05) is 28.4 Å². The fourth-order valence-corrected chi connectivity index (χ4v) is 4.84. The van der Waals surface area contributed by atoms with E-state index in [4.69, 9.17) is 35.0 Å². The Bertz CT molecular complexity index is 1660. The van der Waals surface area contributed by atoms with Crippen LogP contribution in [0.1, 0.15) is 27.7 Å². The molecule has 0 atom stereocenters. The third-order valence-corrected chi connectivity index (χ3v) is 6.16. The Kier molecular flexibility index (Phi) is 5.68. The van der Waals surface area contributed by atoms with Crippen LogP contribution in [0, 0.1) is 0 Å². The van der Waals surface area contributed by atoms with Crippen LogP contribution in [0.3, 0.4) is 0 Å². The average Bonchev–Trinajstić information content (AvgIpc) is 3.11. The number of halogens is 1. The Morgan fingerprint density at radius 1 is 0.829 bits per heavy atom. The zero-order chi connectivity index (χ0) is 25.0. The van der Waals surface area contributed by atoms with Crippen molar-refractivity contribution in [1.29, 1.82) is 0 Å². The van der Waals surface area contributed by atoms with Crippen molar-refractivity contribution in [2.45, 2.75) is 39.9 Å². The van der Waals surface area contributed by atoms with Crippen LogP contribution in [-0.4, -0.2) is 30.8 Å². The summed E-state index contributed by atoms with van der Waals surface area (Å²) in [5, 5.41) is 3.39. The number of pyridine rings is 1. The fraction of sp³-hybridized carbons (Fsp3) is 0.296. The molecule has 0 aliphatic rings. The highest BCUT2D eigenvalue weighted by Crippen LogP contribution is 2.43. The largest absolute Gasteiger partial charge is 0.493 e. The summed E-state index contributed by atoms with van der Waals surface area (Å²) < 4.78 is 30.4. The van der Waals surface area contributed by atoms with Gasteiger partial charge in [0.2, 0.25) is 0 Å². The Balaban J connectivity index is 1.89. The van der Waals surface area contributed by atoms with Crippen molar-refractivity contribution in [2.24, 2.45) is 0 Å². The Labute approximate surface area is 206 Å². The van der Waals surface area contributed by atoms with Gasteiger partial charge in [0.15, 0.2) is 23.0 Å². The van der Waals surface area contributed by atoms with Crippen molar-refractivity contribution in [3.05, 3.63) is 52.0 Å². The summed E-state index contributed by atoms with van der Waals surface area (Å²) in [5.41, 5.74) is 0.891. The first-order valence-corrected chi connectivity index (χ1v) is 11.7. The van der Waals surface area contributed by atoms with Crippen LogP contribution >= 0.6 is 11.6 Å². The van der Waals surface area contributed by atoms with E-state index in [0.29, 0.717) is 55.4 Å². The number of ether oxygens (including phenoxy) is 4. The number of rotatable bonds is 6. The van der Waals surface area contributed by atoms with Crippen molar-refractivity contribution in [3.63, 3.8) is 0 Å². The van der Waals surface area contributed by atoms with E-state index in [1.165, 1.54) is 0 Å². The maximum absolute atomic E-state index is 13.2. The number of hydrogen-bond donors (Lipinski definition) is 0. The predicted molar refractivity (Wildman–Crippen MR) is 138 cm³/mol. The van der Waals surface area contributed by atoms with Gasteiger partial charge in [-0.05, 0) is 57.3 Å². The van der Waals surface area contributed by atoms with Crippen molar-refractivity contribution in [1.82, 2.24) is 4.40 Å². The zero-order valence-corrected chi connectivity index (χ0v) is 21.1. The minimum atomic E-state index is -0.499. The summed E-state index contributed by atoms with van der Waals surface area (Å²) in [6, 6.07) is 9.17. The lowest BCUT2D eigenvalue weighted by Gasteiger charge is -2.15. The number of aromatic nitrogens is 1. The van der Waals surface area contributed by atoms with Gasteiger partial charge in [0.1, 0.15) is 11.1 Å². The van der Waals surface area contributed by atoms with Crippen LogP contribution < -0.4 is 24.6 Å².